The molecule has 118 valence electrons. The van der Waals surface area contributed by atoms with E-state index in [-0.39, 0.29) is 11.8 Å². The van der Waals surface area contributed by atoms with Gasteiger partial charge in [-0.25, -0.2) is 0 Å². The van der Waals surface area contributed by atoms with Crippen LogP contribution in [-0.2, 0) is 4.74 Å². The molecule has 0 aromatic heterocycles. The lowest BCUT2D eigenvalue weighted by molar-refractivity contribution is -0.385. The molecule has 0 radical (unpaired) electrons. The van der Waals surface area contributed by atoms with Crippen LogP contribution >= 0.6 is 0 Å². The molecule has 1 N–H and O–H groups in total. The molecule has 1 rings (SSSR count). The number of nitro benzene ring substituents is 1. The van der Waals surface area contributed by atoms with Crippen LogP contribution in [0.15, 0.2) is 18.2 Å². The number of hydrogen-bond donors (Lipinski definition) is 1. The van der Waals surface area contributed by atoms with E-state index in [1.54, 1.807) is 25.3 Å². The molecule has 0 unspecified atom stereocenters. The quantitative estimate of drug-likeness (QED) is 0.405. The zero-order valence-corrected chi connectivity index (χ0v) is 12.9. The fourth-order valence-corrected chi connectivity index (χ4v) is 1.97. The summed E-state index contributed by atoms with van der Waals surface area (Å²) in [6.45, 7) is 5.13. The van der Waals surface area contributed by atoms with Crippen molar-refractivity contribution in [3.63, 3.8) is 0 Å². The number of nitro groups is 1. The van der Waals surface area contributed by atoms with Crippen molar-refractivity contribution in [1.29, 1.82) is 0 Å². The predicted molar refractivity (Wildman–Crippen MR) is 83.1 cm³/mol. The van der Waals surface area contributed by atoms with Gasteiger partial charge in [-0.15, -0.1) is 0 Å². The summed E-state index contributed by atoms with van der Waals surface area (Å²) in [6.07, 6.45) is 2.86. The second kappa shape index (κ2) is 9.18. The highest BCUT2D eigenvalue weighted by Gasteiger charge is 2.21. The number of nitrogens with one attached hydrogen (secondary N) is 1. The molecule has 0 aliphatic carbocycles. The zero-order valence-electron chi connectivity index (χ0n) is 12.9. The van der Waals surface area contributed by atoms with E-state index >= 15 is 0 Å². The molecule has 0 spiro atoms. The summed E-state index contributed by atoms with van der Waals surface area (Å²) in [5.74, 6) is 0.305. The minimum absolute atomic E-state index is 0.00286. The minimum atomic E-state index is -0.398. The van der Waals surface area contributed by atoms with Crippen LogP contribution in [0.1, 0.15) is 33.1 Å². The Kier molecular flexibility index (Phi) is 7.53. The van der Waals surface area contributed by atoms with Gasteiger partial charge in [-0.2, -0.15) is 0 Å². The van der Waals surface area contributed by atoms with Crippen LogP contribution in [0.5, 0.6) is 5.75 Å². The summed E-state index contributed by atoms with van der Waals surface area (Å²) in [7, 11) is 1.68. The van der Waals surface area contributed by atoms with Crippen molar-refractivity contribution in [3.8, 4) is 5.75 Å². The van der Waals surface area contributed by atoms with E-state index in [2.05, 4.69) is 5.32 Å². The smallest absolute Gasteiger partial charge is 0.333 e. The van der Waals surface area contributed by atoms with Gasteiger partial charge in [0.1, 0.15) is 5.69 Å². The van der Waals surface area contributed by atoms with E-state index in [0.717, 1.165) is 25.9 Å². The van der Waals surface area contributed by atoms with Crippen molar-refractivity contribution < 1.29 is 14.4 Å². The summed E-state index contributed by atoms with van der Waals surface area (Å²) in [5.41, 5.74) is 0.507. The maximum atomic E-state index is 11.3. The number of ether oxygens (including phenoxy) is 2. The summed E-state index contributed by atoms with van der Waals surface area (Å²) < 4.78 is 10.5. The number of rotatable bonds is 10. The third-order valence-corrected chi connectivity index (χ3v) is 2.88. The molecule has 0 heterocycles. The molecule has 0 saturated heterocycles. The second-order valence-corrected chi connectivity index (χ2v) is 5.06. The topological polar surface area (TPSA) is 73.6 Å². The third kappa shape index (κ3) is 5.99. The Morgan fingerprint density at radius 2 is 2.05 bits per heavy atom. The fourth-order valence-electron chi connectivity index (χ4n) is 1.97. The zero-order chi connectivity index (χ0) is 15.7. The van der Waals surface area contributed by atoms with E-state index in [9.17, 15) is 10.1 Å². The Labute approximate surface area is 125 Å². The molecule has 0 aliphatic heterocycles. The van der Waals surface area contributed by atoms with Crippen LogP contribution in [0.2, 0.25) is 0 Å². The van der Waals surface area contributed by atoms with Gasteiger partial charge in [0, 0.05) is 20.3 Å². The summed E-state index contributed by atoms with van der Waals surface area (Å²) in [4.78, 5) is 10.9. The average Bonchev–Trinajstić information content (AvgIpc) is 2.41. The van der Waals surface area contributed by atoms with Gasteiger partial charge in [0.05, 0.1) is 11.0 Å². The van der Waals surface area contributed by atoms with Crippen molar-refractivity contribution in [3.05, 3.63) is 28.3 Å². The van der Waals surface area contributed by atoms with Crippen LogP contribution in [0.3, 0.4) is 0 Å². The monoisotopic (exact) mass is 296 g/mol. The molecule has 0 amide bonds. The summed E-state index contributed by atoms with van der Waals surface area (Å²) in [5, 5.41) is 14.4. The van der Waals surface area contributed by atoms with E-state index in [1.165, 1.54) is 0 Å². The molecule has 6 heteroatoms. The molecule has 1 aromatic rings. The van der Waals surface area contributed by atoms with E-state index < -0.39 is 4.92 Å². The molecule has 0 bridgehead atoms. The van der Waals surface area contributed by atoms with Crippen molar-refractivity contribution in [2.75, 3.05) is 25.6 Å². The van der Waals surface area contributed by atoms with Crippen LogP contribution in [0, 0.1) is 10.1 Å². The van der Waals surface area contributed by atoms with Gasteiger partial charge in [-0.05, 0) is 45.2 Å². The number of benzene rings is 1. The Morgan fingerprint density at radius 3 is 2.67 bits per heavy atom. The van der Waals surface area contributed by atoms with Crippen LogP contribution in [-0.4, -0.2) is 31.3 Å². The summed E-state index contributed by atoms with van der Waals surface area (Å²) >= 11 is 0. The predicted octanol–water partition coefficient (Wildman–Crippen LogP) is 3.61. The molecule has 6 nitrogen and oxygen atoms in total. The number of unbranched alkanes of at least 4 members (excludes halogenated alkanes) is 2. The van der Waals surface area contributed by atoms with E-state index in [1.807, 2.05) is 13.8 Å². The van der Waals surface area contributed by atoms with Crippen molar-refractivity contribution in [2.45, 2.75) is 39.2 Å². The minimum Gasteiger partial charge on any atom is -0.484 e. The normalized spacial score (nSPS) is 10.7. The highest BCUT2D eigenvalue weighted by molar-refractivity contribution is 5.68. The first kappa shape index (κ1) is 17.2. The lowest BCUT2D eigenvalue weighted by atomic mass is 10.2. The molecular weight excluding hydrogens is 272 g/mol. The fraction of sp³-hybridized carbons (Fsp3) is 0.600. The number of hydrogen-bond acceptors (Lipinski definition) is 5. The van der Waals surface area contributed by atoms with Gasteiger partial charge in [0.25, 0.3) is 0 Å². The van der Waals surface area contributed by atoms with Gasteiger partial charge < -0.3 is 14.8 Å². The van der Waals surface area contributed by atoms with Crippen LogP contribution in [0.25, 0.3) is 0 Å². The third-order valence-electron chi connectivity index (χ3n) is 2.88. The molecule has 0 fully saturated rings. The maximum Gasteiger partial charge on any atom is 0.333 e. The van der Waals surface area contributed by atoms with Gasteiger partial charge in [0.2, 0.25) is 0 Å². The van der Waals surface area contributed by atoms with Gasteiger partial charge in [0.15, 0.2) is 5.75 Å². The Balaban J connectivity index is 2.66. The average molecular weight is 296 g/mol. The standard InChI is InChI=1S/C15H24N2O4/c1-12(2)21-14-9-7-8-13(15(14)17(18)19)16-10-5-4-6-11-20-3/h7-9,12,16H,4-6,10-11H2,1-3H3. The molecule has 0 saturated carbocycles. The molecular formula is C15H24N2O4. The molecule has 0 atom stereocenters. The summed E-state index contributed by atoms with van der Waals surface area (Å²) in [6, 6.07) is 5.10. The highest BCUT2D eigenvalue weighted by atomic mass is 16.6. The van der Waals surface area contributed by atoms with Gasteiger partial charge in [-0.1, -0.05) is 6.07 Å². The van der Waals surface area contributed by atoms with Crippen molar-refractivity contribution in [2.24, 2.45) is 0 Å². The number of anilines is 1. The number of nitrogens with zero attached hydrogens (tertiary/aromatic N) is 1. The highest BCUT2D eigenvalue weighted by Crippen LogP contribution is 2.35. The first-order valence-corrected chi connectivity index (χ1v) is 7.23. The lowest BCUT2D eigenvalue weighted by Crippen LogP contribution is -2.10. The first-order chi connectivity index (χ1) is 10.1. The Morgan fingerprint density at radius 1 is 1.29 bits per heavy atom. The van der Waals surface area contributed by atoms with Crippen molar-refractivity contribution in [1.82, 2.24) is 0 Å². The molecule has 1 aromatic carbocycles. The number of methoxy groups -OCH3 is 1. The van der Waals surface area contributed by atoms with Gasteiger partial charge >= 0.3 is 5.69 Å². The van der Waals surface area contributed by atoms with Crippen LogP contribution < -0.4 is 10.1 Å². The van der Waals surface area contributed by atoms with Gasteiger partial charge in [-0.3, -0.25) is 10.1 Å². The molecule has 0 aliphatic rings. The molecule has 21 heavy (non-hydrogen) atoms. The SMILES string of the molecule is COCCCCCNc1cccc(OC(C)C)c1[N+](=O)[O-]. The van der Waals surface area contributed by atoms with Crippen molar-refractivity contribution >= 4 is 11.4 Å². The maximum absolute atomic E-state index is 11.3. The lowest BCUT2D eigenvalue weighted by Gasteiger charge is -2.13. The first-order valence-electron chi connectivity index (χ1n) is 7.23. The number of para-hydroxylation sites is 1. The van der Waals surface area contributed by atoms with E-state index in [4.69, 9.17) is 9.47 Å². The Bertz CT molecular complexity index is 449. The largest absolute Gasteiger partial charge is 0.484 e. The van der Waals surface area contributed by atoms with E-state index in [0.29, 0.717) is 18.0 Å². The van der Waals surface area contributed by atoms with Crippen LogP contribution in [0.4, 0.5) is 11.4 Å². The second-order valence-electron chi connectivity index (χ2n) is 5.06. The Hall–Kier alpha value is -1.82.